The summed E-state index contributed by atoms with van der Waals surface area (Å²) in [5.41, 5.74) is 3.47. The zero-order chi connectivity index (χ0) is 21.2. The van der Waals surface area contributed by atoms with Crippen LogP contribution in [0.2, 0.25) is 0 Å². The van der Waals surface area contributed by atoms with Gasteiger partial charge in [-0.2, -0.15) is 5.10 Å². The van der Waals surface area contributed by atoms with Gasteiger partial charge in [0.2, 0.25) is 0 Å². The lowest BCUT2D eigenvalue weighted by atomic mass is 9.99. The molecular weight excluding hydrogens is 366 g/mol. The van der Waals surface area contributed by atoms with Gasteiger partial charge in [-0.1, -0.05) is 51.3 Å². The number of nitrogens with one attached hydrogen (secondary N) is 1. The lowest BCUT2D eigenvalue weighted by Gasteiger charge is -2.15. The van der Waals surface area contributed by atoms with E-state index in [1.807, 2.05) is 48.9 Å². The number of esters is 1. The van der Waals surface area contributed by atoms with Gasteiger partial charge in [0.05, 0.1) is 17.8 Å². The van der Waals surface area contributed by atoms with Gasteiger partial charge in [-0.05, 0) is 38.3 Å². The van der Waals surface area contributed by atoms with Crippen molar-refractivity contribution in [1.82, 2.24) is 15.1 Å². The van der Waals surface area contributed by atoms with Gasteiger partial charge in [0.1, 0.15) is 0 Å². The zero-order valence-electron chi connectivity index (χ0n) is 18.0. The predicted molar refractivity (Wildman–Crippen MR) is 114 cm³/mol. The summed E-state index contributed by atoms with van der Waals surface area (Å²) in [4.78, 5) is 24.3. The molecule has 0 saturated heterocycles. The zero-order valence-corrected chi connectivity index (χ0v) is 18.0. The molecule has 29 heavy (non-hydrogen) atoms. The van der Waals surface area contributed by atoms with E-state index in [2.05, 4.69) is 24.3 Å². The molecule has 1 N–H and O–H groups in total. The van der Waals surface area contributed by atoms with Crippen LogP contribution in [0.25, 0.3) is 5.69 Å². The fourth-order valence-electron chi connectivity index (χ4n) is 3.35. The number of hydrogen-bond donors (Lipinski definition) is 1. The summed E-state index contributed by atoms with van der Waals surface area (Å²) in [7, 11) is 0. The second-order valence-electron chi connectivity index (χ2n) is 7.45. The molecule has 0 bridgehead atoms. The third-order valence-electron chi connectivity index (χ3n) is 5.26. The molecule has 0 aliphatic carbocycles. The Morgan fingerprint density at radius 3 is 2.55 bits per heavy atom. The smallest absolute Gasteiger partial charge is 0.310 e. The molecule has 1 atom stereocenters. The highest BCUT2D eigenvalue weighted by atomic mass is 16.5. The first kappa shape index (κ1) is 22.7. The van der Waals surface area contributed by atoms with Crippen molar-refractivity contribution in [2.75, 3.05) is 13.2 Å². The maximum Gasteiger partial charge on any atom is 0.310 e. The standard InChI is InChI=1S/C23H33N3O3/c1-5-7-11-19(6-2)15-24-22(27)16-29-23(28)14-21-17(3)25-26(18(21)4)20-12-9-8-10-13-20/h8-10,12-13,19H,5-7,11,14-16H2,1-4H3,(H,24,27)/t19-/m1/s1. The van der Waals surface area contributed by atoms with Crippen LogP contribution in [-0.2, 0) is 20.7 Å². The van der Waals surface area contributed by atoms with E-state index in [0.717, 1.165) is 41.9 Å². The molecule has 0 aliphatic heterocycles. The Labute approximate surface area is 173 Å². The van der Waals surface area contributed by atoms with Gasteiger partial charge in [0, 0.05) is 17.8 Å². The van der Waals surface area contributed by atoms with Gasteiger partial charge in [-0.15, -0.1) is 0 Å². The summed E-state index contributed by atoms with van der Waals surface area (Å²) < 4.78 is 7.02. The molecule has 1 aromatic heterocycles. The van der Waals surface area contributed by atoms with Crippen molar-refractivity contribution in [2.45, 2.75) is 59.8 Å². The largest absolute Gasteiger partial charge is 0.455 e. The number of para-hydroxylation sites is 1. The molecule has 6 nitrogen and oxygen atoms in total. The Hall–Kier alpha value is -2.63. The first-order chi connectivity index (χ1) is 14.0. The lowest BCUT2D eigenvalue weighted by Crippen LogP contribution is -2.33. The maximum absolute atomic E-state index is 12.3. The van der Waals surface area contributed by atoms with Gasteiger partial charge < -0.3 is 10.1 Å². The SMILES string of the molecule is CCCC[C@@H](CC)CNC(=O)COC(=O)Cc1c(C)nn(-c2ccccc2)c1C. The molecule has 1 amide bonds. The summed E-state index contributed by atoms with van der Waals surface area (Å²) in [6, 6.07) is 9.78. The lowest BCUT2D eigenvalue weighted by molar-refractivity contribution is -0.147. The van der Waals surface area contributed by atoms with E-state index in [1.54, 1.807) is 0 Å². The van der Waals surface area contributed by atoms with E-state index in [9.17, 15) is 9.59 Å². The highest BCUT2D eigenvalue weighted by Crippen LogP contribution is 2.18. The Kier molecular flexibility index (Phi) is 8.90. The van der Waals surface area contributed by atoms with Crippen LogP contribution in [0.4, 0.5) is 0 Å². The van der Waals surface area contributed by atoms with Crippen molar-refractivity contribution >= 4 is 11.9 Å². The minimum atomic E-state index is -0.419. The average Bonchev–Trinajstić information content (AvgIpc) is 3.01. The number of unbranched alkanes of at least 4 members (excludes halogenated alkanes) is 1. The molecule has 2 rings (SSSR count). The molecule has 0 aliphatic rings. The third-order valence-corrected chi connectivity index (χ3v) is 5.26. The van der Waals surface area contributed by atoms with Crippen molar-refractivity contribution in [3.8, 4) is 5.69 Å². The number of aryl methyl sites for hydroxylation is 1. The van der Waals surface area contributed by atoms with E-state index in [4.69, 9.17) is 4.74 Å². The van der Waals surface area contributed by atoms with Crippen LogP contribution >= 0.6 is 0 Å². The fraction of sp³-hybridized carbons (Fsp3) is 0.522. The quantitative estimate of drug-likeness (QED) is 0.582. The molecule has 0 fully saturated rings. The van der Waals surface area contributed by atoms with Crippen molar-refractivity contribution in [1.29, 1.82) is 0 Å². The van der Waals surface area contributed by atoms with Crippen molar-refractivity contribution < 1.29 is 14.3 Å². The molecule has 1 aromatic carbocycles. The summed E-state index contributed by atoms with van der Waals surface area (Å²) in [6.07, 6.45) is 4.56. The Morgan fingerprint density at radius 2 is 1.90 bits per heavy atom. The summed E-state index contributed by atoms with van der Waals surface area (Å²) >= 11 is 0. The molecule has 0 saturated carbocycles. The van der Waals surface area contributed by atoms with E-state index < -0.39 is 5.97 Å². The number of carbonyl (C=O) groups is 2. The topological polar surface area (TPSA) is 73.2 Å². The Balaban J connectivity index is 1.85. The number of benzene rings is 1. The van der Waals surface area contributed by atoms with E-state index in [-0.39, 0.29) is 18.9 Å². The second-order valence-corrected chi connectivity index (χ2v) is 7.45. The van der Waals surface area contributed by atoms with Crippen molar-refractivity contribution in [3.05, 3.63) is 47.3 Å². The van der Waals surface area contributed by atoms with E-state index in [1.165, 1.54) is 6.42 Å². The van der Waals surface area contributed by atoms with Gasteiger partial charge in [-0.3, -0.25) is 9.59 Å². The van der Waals surface area contributed by atoms with Gasteiger partial charge in [0.15, 0.2) is 6.61 Å². The molecule has 0 unspecified atom stereocenters. The van der Waals surface area contributed by atoms with Crippen LogP contribution in [0, 0.1) is 19.8 Å². The number of carbonyl (C=O) groups excluding carboxylic acids is 2. The van der Waals surface area contributed by atoms with Crippen molar-refractivity contribution in [2.24, 2.45) is 5.92 Å². The second kappa shape index (κ2) is 11.4. The molecule has 1 heterocycles. The van der Waals surface area contributed by atoms with Crippen LogP contribution in [0.5, 0.6) is 0 Å². The number of hydrogen-bond acceptors (Lipinski definition) is 4. The molecular formula is C23H33N3O3. The van der Waals surface area contributed by atoms with E-state index in [0.29, 0.717) is 12.5 Å². The molecule has 158 valence electrons. The first-order valence-corrected chi connectivity index (χ1v) is 10.5. The van der Waals surface area contributed by atoms with E-state index >= 15 is 0 Å². The molecule has 2 aromatic rings. The van der Waals surface area contributed by atoms with Gasteiger partial charge in [0.25, 0.3) is 5.91 Å². The number of aromatic nitrogens is 2. The minimum absolute atomic E-state index is 0.103. The molecule has 0 spiro atoms. The average molecular weight is 400 g/mol. The van der Waals surface area contributed by atoms with Crippen LogP contribution in [0.1, 0.15) is 56.5 Å². The van der Waals surface area contributed by atoms with Crippen LogP contribution in [0.15, 0.2) is 30.3 Å². The maximum atomic E-state index is 12.3. The normalized spacial score (nSPS) is 11.9. The van der Waals surface area contributed by atoms with Crippen LogP contribution < -0.4 is 5.32 Å². The number of nitrogens with zero attached hydrogens (tertiary/aromatic N) is 2. The van der Waals surface area contributed by atoms with Gasteiger partial charge in [-0.25, -0.2) is 4.68 Å². The molecule has 0 radical (unpaired) electrons. The summed E-state index contributed by atoms with van der Waals surface area (Å²) in [5.74, 6) is -0.192. The Bertz CT molecular complexity index is 799. The van der Waals surface area contributed by atoms with Gasteiger partial charge >= 0.3 is 5.97 Å². The summed E-state index contributed by atoms with van der Waals surface area (Å²) in [5, 5.41) is 7.42. The molecule has 6 heteroatoms. The van der Waals surface area contributed by atoms with Crippen LogP contribution in [0.3, 0.4) is 0 Å². The third kappa shape index (κ3) is 6.73. The highest BCUT2D eigenvalue weighted by Gasteiger charge is 2.17. The number of rotatable bonds is 11. The minimum Gasteiger partial charge on any atom is -0.455 e. The number of ether oxygens (including phenoxy) is 1. The van der Waals surface area contributed by atoms with Crippen LogP contribution in [-0.4, -0.2) is 34.8 Å². The fourth-order valence-corrected chi connectivity index (χ4v) is 3.35. The first-order valence-electron chi connectivity index (χ1n) is 10.5. The summed E-state index contributed by atoms with van der Waals surface area (Å²) in [6.45, 7) is 8.50. The predicted octanol–water partition coefficient (Wildman–Crippen LogP) is 3.91. The van der Waals surface area contributed by atoms with Crippen molar-refractivity contribution in [3.63, 3.8) is 0 Å². The number of amides is 1. The highest BCUT2D eigenvalue weighted by molar-refractivity contribution is 5.81. The monoisotopic (exact) mass is 399 g/mol. The Morgan fingerprint density at radius 1 is 1.17 bits per heavy atom.